The van der Waals surface area contributed by atoms with Crippen LogP contribution in [0.2, 0.25) is 0 Å². The van der Waals surface area contributed by atoms with Crippen LogP contribution >= 0.6 is 0 Å². The first kappa shape index (κ1) is 14.8. The minimum Gasteiger partial charge on any atom is -0.288 e. The summed E-state index contributed by atoms with van der Waals surface area (Å²) in [6.45, 7) is 0. The molecule has 3 aromatic rings. The molecule has 0 saturated heterocycles. The largest absolute Gasteiger partial charge is 0.288 e. The van der Waals surface area contributed by atoms with E-state index >= 15 is 0 Å². The molecule has 3 nitrogen and oxygen atoms in total. The van der Waals surface area contributed by atoms with Crippen molar-refractivity contribution in [2.45, 2.75) is 0 Å². The van der Waals surface area contributed by atoms with Gasteiger partial charge in [0.1, 0.15) is 0 Å². The van der Waals surface area contributed by atoms with Gasteiger partial charge in [-0.05, 0) is 23.8 Å². The van der Waals surface area contributed by atoms with Gasteiger partial charge >= 0.3 is 0 Å². The van der Waals surface area contributed by atoms with Gasteiger partial charge in [-0.3, -0.25) is 14.6 Å². The molecule has 0 spiro atoms. The molecule has 1 aromatic heterocycles. The lowest BCUT2D eigenvalue weighted by atomic mass is 9.95. The summed E-state index contributed by atoms with van der Waals surface area (Å²) in [6.07, 6.45) is 1.63. The molecule has 0 atom stereocenters. The average Bonchev–Trinajstić information content (AvgIpc) is 3.11. The first-order valence-corrected chi connectivity index (χ1v) is 7.96. The topological polar surface area (TPSA) is 47.0 Å². The predicted octanol–water partition coefficient (Wildman–Crippen LogP) is 4.22. The minimum atomic E-state index is -1.28. The summed E-state index contributed by atoms with van der Waals surface area (Å²) in [4.78, 5) is 30.1. The lowest BCUT2D eigenvalue weighted by molar-refractivity contribution is 0.0989. The summed E-state index contributed by atoms with van der Waals surface area (Å²) in [5.41, 5.74) is 2.48. The number of rotatable bonds is 0. The number of hydrogen-bond donors (Lipinski definition) is 0. The Bertz CT molecular complexity index is 1150. The zero-order valence-corrected chi connectivity index (χ0v) is 13.2. The number of allylic oxidation sites excluding steroid dienone is 1. The quantitative estimate of drug-likeness (QED) is 0.354. The van der Waals surface area contributed by atoms with Crippen LogP contribution in [0.3, 0.4) is 0 Å². The zero-order valence-electron chi connectivity index (χ0n) is 13.2. The molecule has 0 radical (unpaired) electrons. The van der Waals surface area contributed by atoms with Gasteiger partial charge in [0.15, 0.2) is 17.4 Å². The molecule has 0 bridgehead atoms. The standard InChI is InChI=1S/C21H9F2NO2/c22-14-8-7-13-16(18(14)23)21(26)17(20(13)25)15-10-4-1-2-5-11(10)19-12(15)6-3-9-24-19/h1-9H/b17-15-. The fourth-order valence-corrected chi connectivity index (χ4v) is 3.70. The average molecular weight is 345 g/mol. The Hall–Kier alpha value is -3.47. The molecular weight excluding hydrogens is 336 g/mol. The van der Waals surface area contributed by atoms with Gasteiger partial charge < -0.3 is 0 Å². The Morgan fingerprint density at radius 3 is 2.23 bits per heavy atom. The molecule has 5 rings (SSSR count). The van der Waals surface area contributed by atoms with Crippen molar-refractivity contribution in [3.8, 4) is 11.3 Å². The number of hydrogen-bond acceptors (Lipinski definition) is 3. The van der Waals surface area contributed by atoms with Gasteiger partial charge in [-0.15, -0.1) is 0 Å². The third-order valence-electron chi connectivity index (χ3n) is 4.80. The molecule has 2 aromatic carbocycles. The highest BCUT2D eigenvalue weighted by Crippen LogP contribution is 2.46. The second-order valence-corrected chi connectivity index (χ2v) is 6.14. The Morgan fingerprint density at radius 2 is 1.42 bits per heavy atom. The van der Waals surface area contributed by atoms with E-state index in [9.17, 15) is 18.4 Å². The summed E-state index contributed by atoms with van der Waals surface area (Å²) in [5.74, 6) is -3.81. The lowest BCUT2D eigenvalue weighted by Crippen LogP contribution is -2.05. The van der Waals surface area contributed by atoms with Crippen molar-refractivity contribution in [1.29, 1.82) is 0 Å². The van der Waals surface area contributed by atoms with Crippen LogP contribution in [0.15, 0.2) is 60.3 Å². The molecule has 26 heavy (non-hydrogen) atoms. The van der Waals surface area contributed by atoms with Crippen molar-refractivity contribution in [3.63, 3.8) is 0 Å². The molecule has 5 heteroatoms. The second kappa shape index (κ2) is 5.02. The van der Waals surface area contributed by atoms with Gasteiger partial charge in [-0.2, -0.15) is 0 Å². The van der Waals surface area contributed by atoms with Crippen LogP contribution in [-0.4, -0.2) is 16.6 Å². The molecule has 1 heterocycles. The van der Waals surface area contributed by atoms with Crippen LogP contribution in [-0.2, 0) is 0 Å². The van der Waals surface area contributed by atoms with Crippen LogP contribution in [0.1, 0.15) is 31.8 Å². The number of carbonyl (C=O) groups excluding carboxylic acids is 2. The maximum atomic E-state index is 14.2. The predicted molar refractivity (Wildman–Crippen MR) is 90.7 cm³/mol. The molecule has 0 amide bonds. The second-order valence-electron chi connectivity index (χ2n) is 6.14. The third kappa shape index (κ3) is 1.72. The Balaban J connectivity index is 1.88. The molecule has 2 aliphatic rings. The molecule has 124 valence electrons. The van der Waals surface area contributed by atoms with E-state index in [2.05, 4.69) is 4.98 Å². The van der Waals surface area contributed by atoms with Crippen molar-refractivity contribution < 1.29 is 18.4 Å². The Kier molecular flexibility index (Phi) is 2.86. The van der Waals surface area contributed by atoms with Gasteiger partial charge in [-0.25, -0.2) is 8.78 Å². The summed E-state index contributed by atoms with van der Waals surface area (Å²) in [7, 11) is 0. The van der Waals surface area contributed by atoms with Crippen LogP contribution in [0, 0.1) is 11.6 Å². The van der Waals surface area contributed by atoms with Crippen molar-refractivity contribution in [1.82, 2.24) is 4.98 Å². The number of fused-ring (bicyclic) bond motifs is 4. The van der Waals surface area contributed by atoms with E-state index in [1.54, 1.807) is 30.5 Å². The van der Waals surface area contributed by atoms with Gasteiger partial charge in [0.2, 0.25) is 5.78 Å². The number of carbonyl (C=O) groups is 2. The summed E-state index contributed by atoms with van der Waals surface area (Å²) in [5, 5.41) is 0. The van der Waals surface area contributed by atoms with E-state index in [4.69, 9.17) is 0 Å². The fourth-order valence-electron chi connectivity index (χ4n) is 3.70. The highest BCUT2D eigenvalue weighted by molar-refractivity contribution is 6.43. The van der Waals surface area contributed by atoms with Crippen LogP contribution in [0.4, 0.5) is 8.78 Å². The molecule has 0 aliphatic heterocycles. The summed E-state index contributed by atoms with van der Waals surface area (Å²) >= 11 is 0. The van der Waals surface area contributed by atoms with E-state index in [1.165, 1.54) is 0 Å². The monoisotopic (exact) mass is 345 g/mol. The van der Waals surface area contributed by atoms with Gasteiger partial charge in [0.05, 0.1) is 16.8 Å². The molecule has 0 fully saturated rings. The highest BCUT2D eigenvalue weighted by atomic mass is 19.2. The lowest BCUT2D eigenvalue weighted by Gasteiger charge is -2.05. The number of nitrogens with zero attached hydrogens (tertiary/aromatic N) is 1. The first-order valence-electron chi connectivity index (χ1n) is 7.96. The summed E-state index contributed by atoms with van der Waals surface area (Å²) < 4.78 is 27.8. The van der Waals surface area contributed by atoms with Crippen molar-refractivity contribution in [3.05, 3.63) is 94.2 Å². The fraction of sp³-hybridized carbons (Fsp3) is 0. The van der Waals surface area contributed by atoms with E-state index < -0.39 is 28.8 Å². The zero-order chi connectivity index (χ0) is 18.0. The number of ketones is 2. The first-order chi connectivity index (χ1) is 12.6. The Morgan fingerprint density at radius 1 is 0.692 bits per heavy atom. The number of benzene rings is 2. The van der Waals surface area contributed by atoms with Crippen molar-refractivity contribution >= 4 is 17.1 Å². The van der Waals surface area contributed by atoms with Crippen LogP contribution in [0.25, 0.3) is 16.8 Å². The van der Waals surface area contributed by atoms with Gasteiger partial charge in [-0.1, -0.05) is 30.3 Å². The van der Waals surface area contributed by atoms with Crippen LogP contribution in [0.5, 0.6) is 0 Å². The molecule has 0 unspecified atom stereocenters. The normalized spacial score (nSPS) is 17.3. The number of Topliss-reactive ketones (excluding diaryl/α,β-unsaturated/α-hetero) is 2. The third-order valence-corrected chi connectivity index (χ3v) is 4.80. The maximum absolute atomic E-state index is 14.2. The Labute approximate surface area is 146 Å². The SMILES string of the molecule is O=C1/C(=C2\c3ccccc3-c3ncccc32)C(=O)c2c1ccc(F)c2F. The van der Waals surface area contributed by atoms with Crippen LogP contribution < -0.4 is 0 Å². The minimum absolute atomic E-state index is 0.105. The smallest absolute Gasteiger partial charge is 0.201 e. The van der Waals surface area contributed by atoms with E-state index in [0.29, 0.717) is 22.4 Å². The molecule has 0 saturated carbocycles. The number of aromatic nitrogens is 1. The van der Waals surface area contributed by atoms with E-state index in [0.717, 1.165) is 17.7 Å². The number of pyridine rings is 1. The highest BCUT2D eigenvalue weighted by Gasteiger charge is 2.41. The van der Waals surface area contributed by atoms with Crippen molar-refractivity contribution in [2.75, 3.05) is 0 Å². The van der Waals surface area contributed by atoms with Gasteiger partial charge in [0, 0.05) is 28.5 Å². The molecule has 0 N–H and O–H groups in total. The molecule has 2 aliphatic carbocycles. The van der Waals surface area contributed by atoms with Gasteiger partial charge in [0.25, 0.3) is 0 Å². The summed E-state index contributed by atoms with van der Waals surface area (Å²) in [6, 6.07) is 12.8. The molecular formula is C21H9F2NO2. The van der Waals surface area contributed by atoms with Crippen molar-refractivity contribution in [2.24, 2.45) is 0 Å². The van der Waals surface area contributed by atoms with E-state index in [1.807, 2.05) is 12.1 Å². The maximum Gasteiger partial charge on any atom is 0.201 e. The van der Waals surface area contributed by atoms with E-state index in [-0.39, 0.29) is 11.1 Å². The number of halogens is 2.